The Balaban J connectivity index is 2.51. The monoisotopic (exact) mass is 264 g/mol. The van der Waals surface area contributed by atoms with E-state index in [-0.39, 0.29) is 5.75 Å². The lowest BCUT2D eigenvalue weighted by Gasteiger charge is -1.96. The van der Waals surface area contributed by atoms with Crippen molar-refractivity contribution in [3.8, 4) is 0 Å². The maximum atomic E-state index is 10.6. The molecule has 0 atom stereocenters. The second kappa shape index (κ2) is 5.54. The first kappa shape index (κ1) is 12.6. The fourth-order valence-corrected chi connectivity index (χ4v) is 1.86. The predicted octanol–water partition coefficient (Wildman–Crippen LogP) is 3.01. The van der Waals surface area contributed by atoms with Crippen LogP contribution in [0.1, 0.15) is 5.56 Å². The number of hydrogen-bond acceptors (Lipinski definition) is 2. The van der Waals surface area contributed by atoms with Crippen LogP contribution in [0.3, 0.4) is 0 Å². The van der Waals surface area contributed by atoms with Gasteiger partial charge in [-0.25, -0.2) is 8.42 Å². The summed E-state index contributed by atoms with van der Waals surface area (Å²) in [7, 11) is 1.61. The van der Waals surface area contributed by atoms with E-state index >= 15 is 0 Å². The summed E-state index contributed by atoms with van der Waals surface area (Å²) in [6.45, 7) is 0. The second-order valence-electron chi connectivity index (χ2n) is 3.01. The molecule has 0 radical (unpaired) electrons. The molecular weight excluding hydrogens is 255 g/mol. The number of benzene rings is 1. The molecule has 0 amide bonds. The van der Waals surface area contributed by atoms with Crippen LogP contribution >= 0.6 is 22.3 Å². The highest BCUT2D eigenvalue weighted by molar-refractivity contribution is 8.13. The third-order valence-electron chi connectivity index (χ3n) is 1.70. The lowest BCUT2D eigenvalue weighted by molar-refractivity contribution is 0.612. The Hall–Kier alpha value is -0.510. The van der Waals surface area contributed by atoms with E-state index in [4.69, 9.17) is 22.3 Å². The van der Waals surface area contributed by atoms with Gasteiger partial charge in [0.2, 0.25) is 9.05 Å². The van der Waals surface area contributed by atoms with E-state index in [1.807, 2.05) is 18.2 Å². The molecule has 0 bridgehead atoms. The van der Waals surface area contributed by atoms with Crippen LogP contribution in [0.15, 0.2) is 36.4 Å². The molecule has 0 saturated heterocycles. The van der Waals surface area contributed by atoms with Crippen LogP contribution in [0.2, 0.25) is 5.02 Å². The van der Waals surface area contributed by atoms with Gasteiger partial charge in [0, 0.05) is 15.7 Å². The van der Waals surface area contributed by atoms with Gasteiger partial charge in [0.25, 0.3) is 0 Å². The van der Waals surface area contributed by atoms with E-state index in [0.29, 0.717) is 11.4 Å². The summed E-state index contributed by atoms with van der Waals surface area (Å²) in [5.74, 6) is -0.144. The van der Waals surface area contributed by atoms with Crippen molar-refractivity contribution >= 4 is 31.3 Å². The van der Waals surface area contributed by atoms with Gasteiger partial charge in [0.05, 0.1) is 5.75 Å². The van der Waals surface area contributed by atoms with E-state index < -0.39 is 9.05 Å². The van der Waals surface area contributed by atoms with E-state index in [1.165, 1.54) is 6.08 Å². The van der Waals surface area contributed by atoms with Crippen LogP contribution < -0.4 is 0 Å². The Labute approximate surface area is 98.9 Å². The molecule has 1 aromatic rings. The molecular formula is C10H10Cl2O2S. The van der Waals surface area contributed by atoms with Gasteiger partial charge >= 0.3 is 0 Å². The highest BCUT2D eigenvalue weighted by Crippen LogP contribution is 2.11. The first-order valence-corrected chi connectivity index (χ1v) is 7.15. The van der Waals surface area contributed by atoms with Gasteiger partial charge in [-0.2, -0.15) is 0 Å². The molecule has 0 aliphatic rings. The highest BCUT2D eigenvalue weighted by Gasteiger charge is 1.99. The third kappa shape index (κ3) is 5.82. The van der Waals surface area contributed by atoms with Crippen molar-refractivity contribution in [2.75, 3.05) is 5.75 Å². The SMILES string of the molecule is O=S(=O)(Cl)C/C=C\Cc1cccc(Cl)c1. The van der Waals surface area contributed by atoms with Crippen LogP contribution in [0.4, 0.5) is 0 Å². The van der Waals surface area contributed by atoms with Crippen LogP contribution in [-0.4, -0.2) is 14.2 Å². The maximum absolute atomic E-state index is 10.6. The Morgan fingerprint density at radius 1 is 1.27 bits per heavy atom. The topological polar surface area (TPSA) is 34.1 Å². The van der Waals surface area contributed by atoms with Crippen LogP contribution in [-0.2, 0) is 15.5 Å². The van der Waals surface area contributed by atoms with Crippen molar-refractivity contribution in [3.63, 3.8) is 0 Å². The summed E-state index contributed by atoms with van der Waals surface area (Å²) in [6, 6.07) is 7.40. The van der Waals surface area contributed by atoms with Crippen molar-refractivity contribution in [3.05, 3.63) is 47.0 Å². The number of halogens is 2. The molecule has 0 heterocycles. The summed E-state index contributed by atoms with van der Waals surface area (Å²) >= 11 is 5.79. The quantitative estimate of drug-likeness (QED) is 0.619. The molecule has 2 nitrogen and oxygen atoms in total. The van der Waals surface area contributed by atoms with Crippen molar-refractivity contribution in [1.29, 1.82) is 0 Å². The zero-order chi connectivity index (χ0) is 11.3. The molecule has 82 valence electrons. The zero-order valence-electron chi connectivity index (χ0n) is 7.86. The predicted molar refractivity (Wildman–Crippen MR) is 63.9 cm³/mol. The minimum atomic E-state index is -3.43. The standard InChI is InChI=1S/C10H10Cl2O2S/c11-10-6-3-5-9(8-10)4-1-2-7-15(12,13)14/h1-3,5-6,8H,4,7H2/b2-1-. The first-order valence-electron chi connectivity index (χ1n) is 4.29. The molecule has 0 aliphatic carbocycles. The molecule has 0 saturated carbocycles. The molecule has 0 aromatic heterocycles. The average Bonchev–Trinajstić information content (AvgIpc) is 2.11. The summed E-state index contributed by atoms with van der Waals surface area (Å²) in [6.07, 6.45) is 3.93. The summed E-state index contributed by atoms with van der Waals surface area (Å²) in [5.41, 5.74) is 1.03. The Bertz CT molecular complexity index is 452. The van der Waals surface area contributed by atoms with Crippen LogP contribution in [0.25, 0.3) is 0 Å². The summed E-state index contributed by atoms with van der Waals surface area (Å²) in [4.78, 5) is 0. The summed E-state index contributed by atoms with van der Waals surface area (Å²) < 4.78 is 21.2. The first-order chi connectivity index (χ1) is 6.97. The van der Waals surface area contributed by atoms with Crippen molar-refractivity contribution in [1.82, 2.24) is 0 Å². The molecule has 0 N–H and O–H groups in total. The molecule has 0 aliphatic heterocycles. The largest absolute Gasteiger partial charge is 0.236 e. The molecule has 1 rings (SSSR count). The number of rotatable bonds is 4. The smallest absolute Gasteiger partial charge is 0.212 e. The normalized spacial score (nSPS) is 12.1. The number of hydrogen-bond donors (Lipinski definition) is 0. The van der Waals surface area contributed by atoms with E-state index in [9.17, 15) is 8.42 Å². The Morgan fingerprint density at radius 2 is 2.00 bits per heavy atom. The lowest BCUT2D eigenvalue weighted by Crippen LogP contribution is -1.92. The van der Waals surface area contributed by atoms with Crippen molar-refractivity contribution in [2.45, 2.75) is 6.42 Å². The van der Waals surface area contributed by atoms with Gasteiger partial charge < -0.3 is 0 Å². The van der Waals surface area contributed by atoms with Gasteiger partial charge in [0.15, 0.2) is 0 Å². The molecule has 0 fully saturated rings. The van der Waals surface area contributed by atoms with Crippen molar-refractivity contribution in [2.24, 2.45) is 0 Å². The average molecular weight is 265 g/mol. The van der Waals surface area contributed by atoms with E-state index in [1.54, 1.807) is 12.1 Å². The van der Waals surface area contributed by atoms with Gasteiger partial charge in [-0.3, -0.25) is 0 Å². The number of allylic oxidation sites excluding steroid dienone is 1. The van der Waals surface area contributed by atoms with Gasteiger partial charge in [-0.05, 0) is 24.1 Å². The van der Waals surface area contributed by atoms with Gasteiger partial charge in [-0.1, -0.05) is 35.9 Å². The Kier molecular flexibility index (Phi) is 4.64. The van der Waals surface area contributed by atoms with Gasteiger partial charge in [-0.15, -0.1) is 0 Å². The molecule has 1 aromatic carbocycles. The highest BCUT2D eigenvalue weighted by atomic mass is 35.7. The molecule has 15 heavy (non-hydrogen) atoms. The van der Waals surface area contributed by atoms with Crippen LogP contribution in [0.5, 0.6) is 0 Å². The summed E-state index contributed by atoms with van der Waals surface area (Å²) in [5, 5.41) is 0.672. The lowest BCUT2D eigenvalue weighted by atomic mass is 10.1. The minimum Gasteiger partial charge on any atom is -0.212 e. The molecule has 0 spiro atoms. The third-order valence-corrected chi connectivity index (χ3v) is 2.91. The van der Waals surface area contributed by atoms with Gasteiger partial charge in [0.1, 0.15) is 0 Å². The molecule has 0 unspecified atom stereocenters. The minimum absolute atomic E-state index is 0.144. The Morgan fingerprint density at radius 3 is 2.60 bits per heavy atom. The zero-order valence-corrected chi connectivity index (χ0v) is 10.2. The van der Waals surface area contributed by atoms with Crippen molar-refractivity contribution < 1.29 is 8.42 Å². The fourth-order valence-electron chi connectivity index (χ4n) is 1.07. The van der Waals surface area contributed by atoms with E-state index in [2.05, 4.69) is 0 Å². The van der Waals surface area contributed by atoms with E-state index in [0.717, 1.165) is 5.56 Å². The maximum Gasteiger partial charge on any atom is 0.236 e. The van der Waals surface area contributed by atoms with Crippen LogP contribution in [0, 0.1) is 0 Å². The second-order valence-corrected chi connectivity index (χ2v) is 6.27. The fraction of sp³-hybridized carbons (Fsp3) is 0.200. The molecule has 5 heteroatoms.